The number of thioether (sulfide) groups is 1. The van der Waals surface area contributed by atoms with Gasteiger partial charge in [-0.25, -0.2) is 8.42 Å². The molecular weight excluding hydrogens is 462 g/mol. The summed E-state index contributed by atoms with van der Waals surface area (Å²) in [6, 6.07) is 11.2. The normalized spacial score (nSPS) is 18.6. The van der Waals surface area contributed by atoms with E-state index in [1.54, 1.807) is 35.2 Å². The first-order valence-electron chi connectivity index (χ1n) is 11.0. The van der Waals surface area contributed by atoms with Gasteiger partial charge in [-0.2, -0.15) is 0 Å². The van der Waals surface area contributed by atoms with Crippen molar-refractivity contribution in [2.75, 3.05) is 29.7 Å². The molecule has 1 atom stereocenters. The minimum atomic E-state index is -3.87. The number of carbonyl (C=O) groups excluding carboxylic acids is 2. The van der Waals surface area contributed by atoms with E-state index in [4.69, 9.17) is 4.74 Å². The average Bonchev–Trinajstić information content (AvgIpc) is 3.09. The van der Waals surface area contributed by atoms with Crippen LogP contribution in [0.5, 0.6) is 5.75 Å². The predicted octanol–water partition coefficient (Wildman–Crippen LogP) is 3.70. The quantitative estimate of drug-likeness (QED) is 0.600. The van der Waals surface area contributed by atoms with Crippen LogP contribution in [-0.4, -0.2) is 50.1 Å². The lowest BCUT2D eigenvalue weighted by molar-refractivity contribution is -0.133. The van der Waals surface area contributed by atoms with Crippen molar-refractivity contribution in [3.63, 3.8) is 0 Å². The summed E-state index contributed by atoms with van der Waals surface area (Å²) >= 11 is 1.17. The van der Waals surface area contributed by atoms with E-state index in [2.05, 4.69) is 10.0 Å². The lowest BCUT2D eigenvalue weighted by Gasteiger charge is -2.28. The number of sulfonamides is 1. The average molecular weight is 490 g/mol. The number of rotatable bonds is 6. The molecule has 1 fully saturated rings. The Morgan fingerprint density at radius 2 is 1.82 bits per heavy atom. The number of amides is 2. The molecule has 2 heterocycles. The Hall–Kier alpha value is -2.72. The predicted molar refractivity (Wildman–Crippen MR) is 128 cm³/mol. The summed E-state index contributed by atoms with van der Waals surface area (Å²) in [6.07, 6.45) is 4.09. The van der Waals surface area contributed by atoms with E-state index in [-0.39, 0.29) is 10.8 Å². The van der Waals surface area contributed by atoms with Crippen LogP contribution >= 0.6 is 11.8 Å². The fraction of sp³-hybridized carbons (Fsp3) is 0.391. The van der Waals surface area contributed by atoms with Crippen LogP contribution in [0.4, 0.5) is 11.4 Å². The highest BCUT2D eigenvalue weighted by molar-refractivity contribution is 8.01. The summed E-state index contributed by atoms with van der Waals surface area (Å²) in [5, 5.41) is 1.87. The molecule has 2 aliphatic heterocycles. The number of nitrogens with zero attached hydrogens (tertiary/aromatic N) is 1. The third-order valence-corrected chi connectivity index (χ3v) is 8.20. The van der Waals surface area contributed by atoms with E-state index in [0.29, 0.717) is 41.7 Å². The first kappa shape index (κ1) is 23.4. The molecule has 176 valence electrons. The maximum absolute atomic E-state index is 12.9. The van der Waals surface area contributed by atoms with Gasteiger partial charge in [0.25, 0.3) is 10.0 Å². The highest BCUT2D eigenvalue weighted by Gasteiger charge is 2.36. The molecule has 2 aromatic carbocycles. The number of fused-ring (bicyclic) bond motifs is 1. The maximum Gasteiger partial charge on any atom is 0.261 e. The molecule has 10 heteroatoms. The second-order valence-electron chi connectivity index (χ2n) is 7.95. The van der Waals surface area contributed by atoms with Crippen LogP contribution < -0.4 is 14.8 Å². The molecule has 0 radical (unpaired) electrons. The molecule has 33 heavy (non-hydrogen) atoms. The molecule has 1 unspecified atom stereocenters. The summed E-state index contributed by atoms with van der Waals surface area (Å²) in [6.45, 7) is 3.74. The molecular formula is C23H27N3O5S2. The summed E-state index contributed by atoms with van der Waals surface area (Å²) < 4.78 is 33.6. The number of nitrogens with one attached hydrogen (secondary N) is 2. The van der Waals surface area contributed by atoms with Crippen LogP contribution in [0.15, 0.2) is 52.3 Å². The number of anilines is 2. The molecule has 0 aliphatic carbocycles. The van der Waals surface area contributed by atoms with Gasteiger partial charge in [0.1, 0.15) is 5.75 Å². The van der Waals surface area contributed by atoms with Gasteiger partial charge in [-0.1, -0.05) is 12.8 Å². The zero-order valence-corrected chi connectivity index (χ0v) is 20.0. The van der Waals surface area contributed by atoms with E-state index in [9.17, 15) is 18.0 Å². The van der Waals surface area contributed by atoms with Gasteiger partial charge >= 0.3 is 0 Å². The molecule has 0 saturated carbocycles. The first-order valence-corrected chi connectivity index (χ1v) is 13.4. The Balaban J connectivity index is 1.49. The highest BCUT2D eigenvalue weighted by atomic mass is 32.2. The molecule has 0 spiro atoms. The van der Waals surface area contributed by atoms with Crippen molar-refractivity contribution in [1.82, 2.24) is 4.90 Å². The molecule has 2 N–H and O–H groups in total. The van der Waals surface area contributed by atoms with Crippen LogP contribution in [0.25, 0.3) is 0 Å². The zero-order chi connectivity index (χ0) is 23.4. The lowest BCUT2D eigenvalue weighted by Crippen LogP contribution is -2.45. The van der Waals surface area contributed by atoms with Crippen LogP contribution in [0.2, 0.25) is 0 Å². The highest BCUT2D eigenvalue weighted by Crippen LogP contribution is 2.38. The topological polar surface area (TPSA) is 105 Å². The fourth-order valence-corrected chi connectivity index (χ4v) is 6.01. The number of carbonyl (C=O) groups is 2. The molecule has 0 aromatic heterocycles. The van der Waals surface area contributed by atoms with Gasteiger partial charge in [0.05, 0.1) is 17.2 Å². The van der Waals surface area contributed by atoms with Gasteiger partial charge in [0.15, 0.2) is 5.25 Å². The van der Waals surface area contributed by atoms with E-state index >= 15 is 0 Å². The summed E-state index contributed by atoms with van der Waals surface area (Å²) in [4.78, 5) is 28.1. The summed E-state index contributed by atoms with van der Waals surface area (Å²) in [5.74, 6) is 0.0490. The molecule has 2 aromatic rings. The third-order valence-electron chi connectivity index (χ3n) is 5.56. The monoisotopic (exact) mass is 489 g/mol. The van der Waals surface area contributed by atoms with Crippen molar-refractivity contribution in [2.24, 2.45) is 0 Å². The van der Waals surface area contributed by atoms with Crippen LogP contribution in [0, 0.1) is 0 Å². The van der Waals surface area contributed by atoms with E-state index < -0.39 is 21.2 Å². The summed E-state index contributed by atoms with van der Waals surface area (Å²) in [5.41, 5.74) is 0.789. The Morgan fingerprint density at radius 1 is 1.12 bits per heavy atom. The van der Waals surface area contributed by atoms with Gasteiger partial charge in [-0.05, 0) is 62.2 Å². The smallest absolute Gasteiger partial charge is 0.261 e. The molecule has 8 nitrogen and oxygen atoms in total. The molecule has 0 bridgehead atoms. The molecule has 1 saturated heterocycles. The van der Waals surface area contributed by atoms with Crippen molar-refractivity contribution >= 4 is 45.0 Å². The van der Waals surface area contributed by atoms with Gasteiger partial charge in [0, 0.05) is 23.7 Å². The number of ether oxygens (including phenoxy) is 1. The number of likely N-dealkylation sites (tertiary alicyclic amines) is 1. The van der Waals surface area contributed by atoms with E-state index in [1.807, 2.05) is 6.92 Å². The zero-order valence-electron chi connectivity index (χ0n) is 18.4. The van der Waals surface area contributed by atoms with E-state index in [1.165, 1.54) is 23.9 Å². The Labute approximate surface area is 198 Å². The van der Waals surface area contributed by atoms with Crippen molar-refractivity contribution in [3.8, 4) is 5.75 Å². The number of hydrogen-bond acceptors (Lipinski definition) is 6. The minimum Gasteiger partial charge on any atom is -0.494 e. The van der Waals surface area contributed by atoms with Crippen LogP contribution in [0.1, 0.15) is 32.6 Å². The maximum atomic E-state index is 12.9. The largest absolute Gasteiger partial charge is 0.494 e. The standard InChI is InChI=1S/C23H27N3O5S2/c1-2-31-17-9-7-16(8-10-17)25-33(29,30)18-11-12-20-19(15-18)24-22(27)21(32-20)23(28)26-13-5-3-4-6-14-26/h7-12,15,21,25H,2-6,13-14H2,1H3,(H,24,27). The van der Waals surface area contributed by atoms with E-state index in [0.717, 1.165) is 25.7 Å². The van der Waals surface area contributed by atoms with Crippen molar-refractivity contribution in [1.29, 1.82) is 0 Å². The van der Waals surface area contributed by atoms with Gasteiger partial charge in [0.2, 0.25) is 11.8 Å². The number of benzene rings is 2. The van der Waals surface area contributed by atoms with Gasteiger partial charge in [-0.15, -0.1) is 11.8 Å². The minimum absolute atomic E-state index is 0.0216. The van der Waals surface area contributed by atoms with Gasteiger partial charge < -0.3 is 15.0 Å². The van der Waals surface area contributed by atoms with Crippen molar-refractivity contribution < 1.29 is 22.7 Å². The molecule has 2 amide bonds. The third kappa shape index (κ3) is 5.44. The Kier molecular flexibility index (Phi) is 7.14. The van der Waals surface area contributed by atoms with Gasteiger partial charge in [-0.3, -0.25) is 14.3 Å². The first-order chi connectivity index (χ1) is 15.9. The Bertz CT molecular complexity index is 1130. The summed E-state index contributed by atoms with van der Waals surface area (Å²) in [7, 11) is -3.87. The lowest BCUT2D eigenvalue weighted by atomic mass is 10.2. The Morgan fingerprint density at radius 3 is 2.48 bits per heavy atom. The second kappa shape index (κ2) is 10.0. The van der Waals surface area contributed by atoms with Crippen molar-refractivity contribution in [2.45, 2.75) is 47.6 Å². The second-order valence-corrected chi connectivity index (χ2v) is 10.8. The van der Waals surface area contributed by atoms with Crippen molar-refractivity contribution in [3.05, 3.63) is 42.5 Å². The SMILES string of the molecule is CCOc1ccc(NS(=O)(=O)c2ccc3c(c2)NC(=O)C(C(=O)N2CCCCCC2)S3)cc1. The fourth-order valence-electron chi connectivity index (χ4n) is 3.87. The van der Waals surface area contributed by atoms with Crippen LogP contribution in [-0.2, 0) is 19.6 Å². The molecule has 4 rings (SSSR count). The number of hydrogen-bond donors (Lipinski definition) is 2. The van der Waals surface area contributed by atoms with Crippen LogP contribution in [0.3, 0.4) is 0 Å². The molecule has 2 aliphatic rings.